The first-order chi connectivity index (χ1) is 14.0. The van der Waals surface area contributed by atoms with Gasteiger partial charge in [0, 0.05) is 36.8 Å². The van der Waals surface area contributed by atoms with Crippen molar-refractivity contribution in [3.05, 3.63) is 65.0 Å². The largest absolute Gasteiger partial charge is 0.337 e. The fraction of sp³-hybridized carbons (Fsp3) is 0.238. The van der Waals surface area contributed by atoms with Gasteiger partial charge in [-0.1, -0.05) is 35.0 Å². The molecule has 0 saturated carbocycles. The van der Waals surface area contributed by atoms with Gasteiger partial charge in [-0.25, -0.2) is 0 Å². The van der Waals surface area contributed by atoms with E-state index in [-0.39, 0.29) is 18.4 Å². The molecule has 1 saturated heterocycles. The van der Waals surface area contributed by atoms with Crippen LogP contribution in [0.3, 0.4) is 0 Å². The highest BCUT2D eigenvalue weighted by molar-refractivity contribution is 6.33. The number of hydrogen-bond acceptors (Lipinski definition) is 5. The zero-order valence-electron chi connectivity index (χ0n) is 15.8. The number of carbonyl (C=O) groups excluding carboxylic acids is 2. The Bertz CT molecular complexity index is 1070. The van der Waals surface area contributed by atoms with Gasteiger partial charge in [-0.2, -0.15) is 4.98 Å². The smallest absolute Gasteiger partial charge is 0.254 e. The van der Waals surface area contributed by atoms with Gasteiger partial charge < -0.3 is 14.3 Å². The van der Waals surface area contributed by atoms with Crippen molar-refractivity contribution in [1.29, 1.82) is 0 Å². The number of aromatic nitrogens is 2. The Morgan fingerprint density at radius 3 is 2.83 bits per heavy atom. The van der Waals surface area contributed by atoms with E-state index in [4.69, 9.17) is 16.1 Å². The second-order valence-corrected chi connectivity index (χ2v) is 7.26. The predicted octanol–water partition coefficient (Wildman–Crippen LogP) is 3.79. The molecule has 0 unspecified atom stereocenters. The van der Waals surface area contributed by atoms with Crippen molar-refractivity contribution in [3.63, 3.8) is 0 Å². The number of carbonyl (C=O) groups is 2. The summed E-state index contributed by atoms with van der Waals surface area (Å²) in [5, 5.41) is 4.48. The molecule has 1 aliphatic rings. The van der Waals surface area contributed by atoms with Gasteiger partial charge in [-0.05, 0) is 36.8 Å². The number of anilines is 1. The van der Waals surface area contributed by atoms with E-state index in [1.807, 2.05) is 18.2 Å². The third-order valence-electron chi connectivity index (χ3n) is 4.78. The summed E-state index contributed by atoms with van der Waals surface area (Å²) in [7, 11) is 1.66. The summed E-state index contributed by atoms with van der Waals surface area (Å²) in [4.78, 5) is 32.4. The quantitative estimate of drug-likeness (QED) is 0.639. The van der Waals surface area contributed by atoms with Gasteiger partial charge in [0.2, 0.25) is 17.6 Å². The highest BCUT2D eigenvalue weighted by atomic mass is 35.5. The Kier molecular flexibility index (Phi) is 5.31. The lowest BCUT2D eigenvalue weighted by Gasteiger charge is -2.18. The van der Waals surface area contributed by atoms with Gasteiger partial charge >= 0.3 is 0 Å². The average Bonchev–Trinajstić information content (AvgIpc) is 3.37. The van der Waals surface area contributed by atoms with E-state index >= 15 is 0 Å². The van der Waals surface area contributed by atoms with Crippen LogP contribution in [-0.4, -0.2) is 40.4 Å². The topological polar surface area (TPSA) is 79.5 Å². The summed E-state index contributed by atoms with van der Waals surface area (Å²) < 4.78 is 5.28. The highest BCUT2D eigenvalue weighted by Crippen LogP contribution is 2.26. The number of rotatable bonds is 5. The van der Waals surface area contributed by atoms with E-state index in [1.54, 1.807) is 42.3 Å². The Balaban J connectivity index is 1.48. The summed E-state index contributed by atoms with van der Waals surface area (Å²) in [6.45, 7) is 0.836. The molecular weight excluding hydrogens is 392 g/mol. The average molecular weight is 411 g/mol. The molecule has 0 spiro atoms. The van der Waals surface area contributed by atoms with Gasteiger partial charge in [0.25, 0.3) is 5.91 Å². The summed E-state index contributed by atoms with van der Waals surface area (Å²) in [5.74, 6) is 0.569. The molecule has 0 N–H and O–H groups in total. The molecule has 1 aliphatic heterocycles. The van der Waals surface area contributed by atoms with Crippen LogP contribution in [0.5, 0.6) is 0 Å². The molecule has 2 heterocycles. The van der Waals surface area contributed by atoms with E-state index in [0.29, 0.717) is 40.8 Å². The molecule has 0 bridgehead atoms. The van der Waals surface area contributed by atoms with Crippen LogP contribution in [0.25, 0.3) is 11.4 Å². The number of benzene rings is 2. The third-order valence-corrected chi connectivity index (χ3v) is 5.11. The number of halogens is 1. The van der Waals surface area contributed by atoms with E-state index in [0.717, 1.165) is 12.1 Å². The summed E-state index contributed by atoms with van der Waals surface area (Å²) in [6.07, 6.45) is 1.38. The normalized spacial score (nSPS) is 13.7. The van der Waals surface area contributed by atoms with Crippen molar-refractivity contribution < 1.29 is 14.1 Å². The minimum atomic E-state index is -0.198. The van der Waals surface area contributed by atoms with Gasteiger partial charge in [-0.3, -0.25) is 9.59 Å². The predicted molar refractivity (Wildman–Crippen MR) is 109 cm³/mol. The van der Waals surface area contributed by atoms with E-state index in [9.17, 15) is 9.59 Å². The monoisotopic (exact) mass is 410 g/mol. The lowest BCUT2D eigenvalue weighted by atomic mass is 10.1. The van der Waals surface area contributed by atoms with Crippen LogP contribution in [0.4, 0.5) is 5.69 Å². The molecule has 4 rings (SSSR count). The number of nitrogens with zero attached hydrogens (tertiary/aromatic N) is 4. The van der Waals surface area contributed by atoms with Crippen molar-refractivity contribution in [3.8, 4) is 11.4 Å². The Morgan fingerprint density at radius 1 is 1.24 bits per heavy atom. The number of amides is 2. The van der Waals surface area contributed by atoms with Crippen LogP contribution in [0, 0.1) is 0 Å². The van der Waals surface area contributed by atoms with Crippen molar-refractivity contribution in [2.24, 2.45) is 0 Å². The lowest BCUT2D eigenvalue weighted by Crippen LogP contribution is -2.27. The highest BCUT2D eigenvalue weighted by Gasteiger charge is 2.23. The molecule has 0 radical (unpaired) electrons. The van der Waals surface area contributed by atoms with Crippen molar-refractivity contribution >= 4 is 29.1 Å². The van der Waals surface area contributed by atoms with Crippen LogP contribution in [-0.2, 0) is 11.3 Å². The zero-order chi connectivity index (χ0) is 20.4. The van der Waals surface area contributed by atoms with Crippen LogP contribution in [0.15, 0.2) is 53.1 Å². The first-order valence-corrected chi connectivity index (χ1v) is 9.64. The van der Waals surface area contributed by atoms with Crippen molar-refractivity contribution in [1.82, 2.24) is 15.0 Å². The first kappa shape index (κ1) is 19.1. The Morgan fingerprint density at radius 2 is 2.07 bits per heavy atom. The molecule has 2 amide bonds. The maximum atomic E-state index is 12.8. The maximum absolute atomic E-state index is 12.8. The molecule has 29 heavy (non-hydrogen) atoms. The number of hydrogen-bond donors (Lipinski definition) is 0. The fourth-order valence-corrected chi connectivity index (χ4v) is 3.51. The van der Waals surface area contributed by atoms with Crippen LogP contribution < -0.4 is 4.90 Å². The SMILES string of the molecule is CN(Cc1nc(-c2ccccc2Cl)no1)C(=O)c1cccc(N2CCCC2=O)c1. The molecule has 0 atom stereocenters. The standard InChI is InChI=1S/C21H19ClN4O3/c1-25(13-18-23-20(24-29-18)16-8-2-3-9-17(16)22)21(28)14-6-4-7-15(12-14)26-11-5-10-19(26)27/h2-4,6-9,12H,5,10-11,13H2,1H3. The third kappa shape index (κ3) is 4.00. The molecule has 3 aromatic rings. The fourth-order valence-electron chi connectivity index (χ4n) is 3.29. The minimum Gasteiger partial charge on any atom is -0.337 e. The molecular formula is C21H19ClN4O3. The van der Waals surface area contributed by atoms with E-state index < -0.39 is 0 Å². The van der Waals surface area contributed by atoms with Crippen molar-refractivity contribution in [2.75, 3.05) is 18.5 Å². The second kappa shape index (κ2) is 8.05. The van der Waals surface area contributed by atoms with Crippen LogP contribution >= 0.6 is 11.6 Å². The van der Waals surface area contributed by atoms with Gasteiger partial charge in [-0.15, -0.1) is 0 Å². The molecule has 148 valence electrons. The lowest BCUT2D eigenvalue weighted by molar-refractivity contribution is -0.117. The van der Waals surface area contributed by atoms with Crippen molar-refractivity contribution in [2.45, 2.75) is 19.4 Å². The molecule has 1 fully saturated rings. The maximum Gasteiger partial charge on any atom is 0.254 e. The second-order valence-electron chi connectivity index (χ2n) is 6.85. The van der Waals surface area contributed by atoms with Gasteiger partial charge in [0.15, 0.2) is 0 Å². The van der Waals surface area contributed by atoms with Crippen LogP contribution in [0.1, 0.15) is 29.1 Å². The van der Waals surface area contributed by atoms with Gasteiger partial charge in [0.05, 0.1) is 11.6 Å². The molecule has 8 heteroatoms. The van der Waals surface area contributed by atoms with E-state index in [2.05, 4.69) is 10.1 Å². The molecule has 1 aromatic heterocycles. The molecule has 7 nitrogen and oxygen atoms in total. The molecule has 0 aliphatic carbocycles. The summed E-state index contributed by atoms with van der Waals surface area (Å²) >= 11 is 6.17. The first-order valence-electron chi connectivity index (χ1n) is 9.26. The van der Waals surface area contributed by atoms with E-state index in [1.165, 1.54) is 4.90 Å². The van der Waals surface area contributed by atoms with Gasteiger partial charge in [0.1, 0.15) is 0 Å². The molecule has 2 aromatic carbocycles. The van der Waals surface area contributed by atoms with Crippen LogP contribution in [0.2, 0.25) is 5.02 Å². The minimum absolute atomic E-state index is 0.0842. The summed E-state index contributed by atoms with van der Waals surface area (Å²) in [6, 6.07) is 14.3. The Hall–Kier alpha value is -3.19. The Labute approximate surface area is 172 Å². The summed E-state index contributed by atoms with van der Waals surface area (Å²) in [5.41, 5.74) is 1.90. The zero-order valence-corrected chi connectivity index (χ0v) is 16.6.